The quantitative estimate of drug-likeness (QED) is 0.753. The van der Waals surface area contributed by atoms with Gasteiger partial charge in [0.05, 0.1) is 18.4 Å². The minimum absolute atomic E-state index is 0.0368. The van der Waals surface area contributed by atoms with E-state index in [4.69, 9.17) is 9.47 Å². The second-order valence-electron chi connectivity index (χ2n) is 5.27. The molecule has 0 saturated carbocycles. The SMILES string of the molecule is COCCN1CC(CNC(=O)c2cc(C)nn2C)OCC1=O. The van der Waals surface area contributed by atoms with Crippen molar-refractivity contribution in [3.63, 3.8) is 0 Å². The first-order chi connectivity index (χ1) is 10.5. The first kappa shape index (κ1) is 16.4. The van der Waals surface area contributed by atoms with Crippen molar-refractivity contribution in [1.29, 1.82) is 0 Å². The molecular formula is C14H22N4O4. The molecule has 1 unspecified atom stereocenters. The summed E-state index contributed by atoms with van der Waals surface area (Å²) in [6, 6.07) is 1.73. The molecule has 0 spiro atoms. The third kappa shape index (κ3) is 4.05. The molecule has 1 aliphatic heterocycles. The number of aromatic nitrogens is 2. The van der Waals surface area contributed by atoms with Crippen molar-refractivity contribution in [1.82, 2.24) is 20.0 Å². The van der Waals surface area contributed by atoms with Crippen molar-refractivity contribution in [2.24, 2.45) is 7.05 Å². The van der Waals surface area contributed by atoms with Crippen LogP contribution >= 0.6 is 0 Å². The van der Waals surface area contributed by atoms with E-state index in [0.29, 0.717) is 31.9 Å². The molecule has 1 fully saturated rings. The van der Waals surface area contributed by atoms with Crippen LogP contribution in [0.2, 0.25) is 0 Å². The van der Waals surface area contributed by atoms with Gasteiger partial charge in [0.2, 0.25) is 5.91 Å². The van der Waals surface area contributed by atoms with Crippen LogP contribution in [0.3, 0.4) is 0 Å². The summed E-state index contributed by atoms with van der Waals surface area (Å²) in [4.78, 5) is 25.5. The van der Waals surface area contributed by atoms with Crippen molar-refractivity contribution in [2.75, 3.05) is 40.0 Å². The van der Waals surface area contributed by atoms with Crippen LogP contribution in [0.15, 0.2) is 6.07 Å². The fourth-order valence-electron chi connectivity index (χ4n) is 2.34. The summed E-state index contributed by atoms with van der Waals surface area (Å²) in [5.74, 6) is -0.256. The van der Waals surface area contributed by atoms with Crippen molar-refractivity contribution in [2.45, 2.75) is 13.0 Å². The van der Waals surface area contributed by atoms with Crippen LogP contribution in [0.1, 0.15) is 16.2 Å². The molecule has 2 rings (SSSR count). The largest absolute Gasteiger partial charge is 0.383 e. The smallest absolute Gasteiger partial charge is 0.269 e. The van der Waals surface area contributed by atoms with Gasteiger partial charge < -0.3 is 19.7 Å². The van der Waals surface area contributed by atoms with Gasteiger partial charge in [-0.25, -0.2) is 0 Å². The van der Waals surface area contributed by atoms with Gasteiger partial charge in [0.25, 0.3) is 5.91 Å². The van der Waals surface area contributed by atoms with Crippen molar-refractivity contribution in [3.8, 4) is 0 Å². The van der Waals surface area contributed by atoms with Crippen molar-refractivity contribution < 1.29 is 19.1 Å². The van der Waals surface area contributed by atoms with Gasteiger partial charge in [-0.3, -0.25) is 14.3 Å². The standard InChI is InChI=1S/C14H22N4O4/c1-10-6-12(17(2)16-10)14(20)15-7-11-8-18(4-5-21-3)13(19)9-22-11/h6,11H,4-5,7-9H2,1-3H3,(H,15,20). The number of methoxy groups -OCH3 is 1. The Morgan fingerprint density at radius 2 is 2.36 bits per heavy atom. The van der Waals surface area contributed by atoms with Crippen LogP contribution in [0.4, 0.5) is 0 Å². The Morgan fingerprint density at radius 3 is 3.00 bits per heavy atom. The summed E-state index contributed by atoms with van der Waals surface area (Å²) < 4.78 is 12.0. The van der Waals surface area contributed by atoms with Crippen molar-refractivity contribution >= 4 is 11.8 Å². The maximum atomic E-state index is 12.1. The normalized spacial score (nSPS) is 18.6. The van der Waals surface area contributed by atoms with E-state index in [0.717, 1.165) is 5.69 Å². The zero-order valence-electron chi connectivity index (χ0n) is 13.2. The number of amides is 2. The molecule has 0 radical (unpaired) electrons. The molecule has 1 saturated heterocycles. The van der Waals surface area contributed by atoms with Gasteiger partial charge in [-0.05, 0) is 13.0 Å². The minimum Gasteiger partial charge on any atom is -0.383 e. The van der Waals surface area contributed by atoms with Crippen LogP contribution in [0.25, 0.3) is 0 Å². The Balaban J connectivity index is 1.84. The minimum atomic E-state index is -0.215. The molecule has 122 valence electrons. The van der Waals surface area contributed by atoms with Gasteiger partial charge in [0.1, 0.15) is 12.3 Å². The van der Waals surface area contributed by atoms with E-state index < -0.39 is 0 Å². The molecule has 22 heavy (non-hydrogen) atoms. The third-order valence-corrected chi connectivity index (χ3v) is 3.51. The predicted octanol–water partition coefficient (Wildman–Crippen LogP) is -0.668. The van der Waals surface area contributed by atoms with E-state index in [1.807, 2.05) is 6.92 Å². The monoisotopic (exact) mass is 310 g/mol. The van der Waals surface area contributed by atoms with Gasteiger partial charge in [0.15, 0.2) is 0 Å². The number of carbonyl (C=O) groups excluding carboxylic acids is 2. The first-order valence-electron chi connectivity index (χ1n) is 7.18. The Labute approximate surface area is 129 Å². The molecule has 1 aromatic heterocycles. The number of hydrogen-bond donors (Lipinski definition) is 1. The Hall–Kier alpha value is -1.93. The lowest BCUT2D eigenvalue weighted by atomic mass is 10.2. The molecule has 0 aromatic carbocycles. The third-order valence-electron chi connectivity index (χ3n) is 3.51. The van der Waals surface area contributed by atoms with Gasteiger partial charge in [-0.1, -0.05) is 0 Å². The summed E-state index contributed by atoms with van der Waals surface area (Å²) in [6.07, 6.45) is -0.215. The van der Waals surface area contributed by atoms with E-state index in [-0.39, 0.29) is 24.5 Å². The zero-order chi connectivity index (χ0) is 16.1. The molecular weight excluding hydrogens is 288 g/mol. The lowest BCUT2D eigenvalue weighted by Crippen LogP contribution is -2.51. The maximum Gasteiger partial charge on any atom is 0.269 e. The van der Waals surface area contributed by atoms with Crippen LogP contribution in [0.5, 0.6) is 0 Å². The zero-order valence-corrected chi connectivity index (χ0v) is 13.2. The fraction of sp³-hybridized carbons (Fsp3) is 0.643. The van der Waals surface area contributed by atoms with Gasteiger partial charge in [-0.2, -0.15) is 5.10 Å². The molecule has 0 aliphatic carbocycles. The first-order valence-corrected chi connectivity index (χ1v) is 7.18. The highest BCUT2D eigenvalue weighted by molar-refractivity contribution is 5.92. The molecule has 0 bridgehead atoms. The highest BCUT2D eigenvalue weighted by Gasteiger charge is 2.26. The van der Waals surface area contributed by atoms with E-state index >= 15 is 0 Å². The predicted molar refractivity (Wildman–Crippen MR) is 78.5 cm³/mol. The van der Waals surface area contributed by atoms with Gasteiger partial charge in [0, 0.05) is 33.8 Å². The highest BCUT2D eigenvalue weighted by Crippen LogP contribution is 2.07. The van der Waals surface area contributed by atoms with Crippen LogP contribution in [-0.2, 0) is 21.3 Å². The molecule has 8 heteroatoms. The number of morpholine rings is 1. The van der Waals surface area contributed by atoms with Gasteiger partial charge >= 0.3 is 0 Å². The van der Waals surface area contributed by atoms with E-state index in [1.54, 1.807) is 29.8 Å². The van der Waals surface area contributed by atoms with Crippen LogP contribution in [-0.4, -0.2) is 72.6 Å². The summed E-state index contributed by atoms with van der Waals surface area (Å²) in [5, 5.41) is 6.96. The number of nitrogens with zero attached hydrogens (tertiary/aromatic N) is 3. The van der Waals surface area contributed by atoms with Crippen molar-refractivity contribution in [3.05, 3.63) is 17.5 Å². The topological polar surface area (TPSA) is 85.7 Å². The lowest BCUT2D eigenvalue weighted by Gasteiger charge is -2.32. The summed E-state index contributed by atoms with van der Waals surface area (Å²) in [7, 11) is 3.32. The molecule has 1 aromatic rings. The van der Waals surface area contributed by atoms with E-state index in [2.05, 4.69) is 10.4 Å². The average molecular weight is 310 g/mol. The Kier molecular flexibility index (Phi) is 5.51. The van der Waals surface area contributed by atoms with Crippen LogP contribution < -0.4 is 5.32 Å². The Bertz CT molecular complexity index is 543. The molecule has 2 heterocycles. The second-order valence-corrected chi connectivity index (χ2v) is 5.27. The number of aryl methyl sites for hydroxylation is 2. The maximum absolute atomic E-state index is 12.1. The van der Waals surface area contributed by atoms with E-state index in [9.17, 15) is 9.59 Å². The summed E-state index contributed by atoms with van der Waals surface area (Å²) in [6.45, 7) is 3.69. The van der Waals surface area contributed by atoms with Gasteiger partial charge in [-0.15, -0.1) is 0 Å². The molecule has 1 N–H and O–H groups in total. The molecule has 8 nitrogen and oxygen atoms in total. The number of nitrogens with one attached hydrogen (secondary N) is 1. The number of hydrogen-bond acceptors (Lipinski definition) is 5. The molecule has 1 atom stereocenters. The number of rotatable bonds is 6. The summed E-state index contributed by atoms with van der Waals surface area (Å²) in [5.41, 5.74) is 1.29. The van der Waals surface area contributed by atoms with Crippen LogP contribution in [0, 0.1) is 6.92 Å². The average Bonchev–Trinajstić information content (AvgIpc) is 2.83. The highest BCUT2D eigenvalue weighted by atomic mass is 16.5. The summed E-state index contributed by atoms with van der Waals surface area (Å²) >= 11 is 0. The fourth-order valence-corrected chi connectivity index (χ4v) is 2.34. The molecule has 2 amide bonds. The molecule has 1 aliphatic rings. The number of carbonyl (C=O) groups is 2. The van der Waals surface area contributed by atoms with E-state index in [1.165, 1.54) is 0 Å². The Morgan fingerprint density at radius 1 is 1.59 bits per heavy atom. The number of ether oxygens (including phenoxy) is 2. The second kappa shape index (κ2) is 7.37. The lowest BCUT2D eigenvalue weighted by molar-refractivity contribution is -0.149.